The summed E-state index contributed by atoms with van der Waals surface area (Å²) in [6.07, 6.45) is 0. The van der Waals surface area contributed by atoms with Crippen LogP contribution >= 0.6 is 23.2 Å². The lowest BCUT2D eigenvalue weighted by Gasteiger charge is -2.15. The summed E-state index contributed by atoms with van der Waals surface area (Å²) in [7, 11) is 0. The van der Waals surface area contributed by atoms with E-state index in [0.29, 0.717) is 22.2 Å². The predicted molar refractivity (Wildman–Crippen MR) is 120 cm³/mol. The first-order valence-electron chi connectivity index (χ1n) is 9.21. The van der Waals surface area contributed by atoms with Crippen LogP contribution in [0.3, 0.4) is 0 Å². The van der Waals surface area contributed by atoms with Crippen LogP contribution in [0.4, 0.5) is 0 Å². The van der Waals surface area contributed by atoms with Crippen LogP contribution in [0.5, 0.6) is 0 Å². The standard InChI is InChI=1S/C24H18Cl2N2O/c1-15-22(24(29)27-14-16-11-12-19(25)20(26)13-16)18-9-5-6-10-21(18)28-23(15)17-7-3-2-4-8-17/h2-13H,14H2,1H3,(H,27,29). The van der Waals surface area contributed by atoms with Crippen molar-refractivity contribution in [2.45, 2.75) is 13.5 Å². The normalized spacial score (nSPS) is 10.9. The van der Waals surface area contributed by atoms with Crippen LogP contribution in [0, 0.1) is 6.92 Å². The molecule has 0 saturated carbocycles. The van der Waals surface area contributed by atoms with Crippen molar-refractivity contribution < 1.29 is 4.79 Å². The number of nitrogens with one attached hydrogen (secondary N) is 1. The van der Waals surface area contributed by atoms with E-state index in [1.54, 1.807) is 12.1 Å². The molecule has 1 N–H and O–H groups in total. The molecule has 0 aliphatic carbocycles. The molecule has 3 nitrogen and oxygen atoms in total. The second-order valence-electron chi connectivity index (χ2n) is 6.77. The summed E-state index contributed by atoms with van der Waals surface area (Å²) in [5.74, 6) is -0.149. The molecule has 0 fully saturated rings. The average molecular weight is 421 g/mol. The van der Waals surface area contributed by atoms with Gasteiger partial charge in [-0.2, -0.15) is 0 Å². The average Bonchev–Trinajstić information content (AvgIpc) is 2.74. The number of halogens is 2. The SMILES string of the molecule is Cc1c(-c2ccccc2)nc2ccccc2c1C(=O)NCc1ccc(Cl)c(Cl)c1. The Morgan fingerprint density at radius 1 is 0.931 bits per heavy atom. The minimum absolute atomic E-state index is 0.149. The van der Waals surface area contributed by atoms with Crippen LogP contribution in [0.15, 0.2) is 72.8 Å². The highest BCUT2D eigenvalue weighted by molar-refractivity contribution is 6.42. The highest BCUT2D eigenvalue weighted by Gasteiger charge is 2.18. The van der Waals surface area contributed by atoms with Gasteiger partial charge in [0.05, 0.1) is 26.8 Å². The first kappa shape index (κ1) is 19.4. The number of hydrogen-bond donors (Lipinski definition) is 1. The van der Waals surface area contributed by atoms with Crippen LogP contribution in [0.2, 0.25) is 10.0 Å². The summed E-state index contributed by atoms with van der Waals surface area (Å²) >= 11 is 12.1. The van der Waals surface area contributed by atoms with E-state index in [9.17, 15) is 4.79 Å². The topological polar surface area (TPSA) is 42.0 Å². The Hall–Kier alpha value is -2.88. The molecular weight excluding hydrogens is 403 g/mol. The van der Waals surface area contributed by atoms with Gasteiger partial charge in [0.15, 0.2) is 0 Å². The monoisotopic (exact) mass is 420 g/mol. The molecule has 0 atom stereocenters. The molecule has 0 radical (unpaired) electrons. The maximum atomic E-state index is 13.2. The summed E-state index contributed by atoms with van der Waals surface area (Å²) in [4.78, 5) is 18.0. The molecule has 144 valence electrons. The van der Waals surface area contributed by atoms with Crippen molar-refractivity contribution in [3.63, 3.8) is 0 Å². The molecule has 1 amide bonds. The lowest BCUT2D eigenvalue weighted by molar-refractivity contribution is 0.0952. The molecule has 0 aliphatic heterocycles. The van der Waals surface area contributed by atoms with Crippen LogP contribution in [-0.4, -0.2) is 10.9 Å². The third-order valence-corrected chi connectivity index (χ3v) is 5.59. The molecule has 1 heterocycles. The molecule has 0 aliphatic rings. The number of nitrogens with zero attached hydrogens (tertiary/aromatic N) is 1. The molecule has 1 aromatic heterocycles. The largest absolute Gasteiger partial charge is 0.348 e. The van der Waals surface area contributed by atoms with Crippen molar-refractivity contribution in [3.8, 4) is 11.3 Å². The molecule has 0 saturated heterocycles. The maximum Gasteiger partial charge on any atom is 0.252 e. The van der Waals surface area contributed by atoms with Gasteiger partial charge in [-0.05, 0) is 36.2 Å². The minimum atomic E-state index is -0.149. The molecule has 0 bridgehead atoms. The number of carbonyl (C=O) groups excluding carboxylic acids is 1. The fourth-order valence-corrected chi connectivity index (χ4v) is 3.72. The lowest BCUT2D eigenvalue weighted by atomic mass is 9.97. The summed E-state index contributed by atoms with van der Waals surface area (Å²) in [6, 6.07) is 22.9. The zero-order valence-electron chi connectivity index (χ0n) is 15.7. The van der Waals surface area contributed by atoms with E-state index in [1.807, 2.05) is 67.6 Å². The number of para-hydroxylation sites is 1. The Morgan fingerprint density at radius 3 is 2.41 bits per heavy atom. The Balaban J connectivity index is 1.74. The molecule has 29 heavy (non-hydrogen) atoms. The zero-order valence-corrected chi connectivity index (χ0v) is 17.3. The zero-order chi connectivity index (χ0) is 20.4. The summed E-state index contributed by atoms with van der Waals surface area (Å²) in [6.45, 7) is 2.29. The van der Waals surface area contributed by atoms with Gasteiger partial charge in [-0.25, -0.2) is 4.98 Å². The van der Waals surface area contributed by atoms with Crippen molar-refractivity contribution in [2.75, 3.05) is 0 Å². The van der Waals surface area contributed by atoms with Crippen molar-refractivity contribution in [1.82, 2.24) is 10.3 Å². The van der Waals surface area contributed by atoms with E-state index in [1.165, 1.54) is 0 Å². The van der Waals surface area contributed by atoms with Gasteiger partial charge in [-0.1, -0.05) is 77.8 Å². The van der Waals surface area contributed by atoms with E-state index in [4.69, 9.17) is 28.2 Å². The summed E-state index contributed by atoms with van der Waals surface area (Å²) < 4.78 is 0. The van der Waals surface area contributed by atoms with Gasteiger partial charge in [0, 0.05) is 17.5 Å². The molecule has 4 aromatic rings. The van der Waals surface area contributed by atoms with Crippen molar-refractivity contribution >= 4 is 40.0 Å². The van der Waals surface area contributed by atoms with Crippen molar-refractivity contribution in [2.24, 2.45) is 0 Å². The number of rotatable bonds is 4. The maximum absolute atomic E-state index is 13.2. The van der Waals surface area contributed by atoms with Crippen LogP contribution in [0.25, 0.3) is 22.2 Å². The van der Waals surface area contributed by atoms with Gasteiger partial charge in [-0.3, -0.25) is 4.79 Å². The minimum Gasteiger partial charge on any atom is -0.348 e. The fraction of sp³-hybridized carbons (Fsp3) is 0.0833. The third kappa shape index (κ3) is 3.98. The number of benzene rings is 3. The summed E-state index contributed by atoms with van der Waals surface area (Å²) in [5.41, 5.74) is 4.94. The van der Waals surface area contributed by atoms with Crippen LogP contribution in [0.1, 0.15) is 21.5 Å². The summed E-state index contributed by atoms with van der Waals surface area (Å²) in [5, 5.41) is 4.79. The Labute approximate surface area is 179 Å². The number of carbonyl (C=O) groups is 1. The van der Waals surface area contributed by atoms with E-state index >= 15 is 0 Å². The first-order valence-corrected chi connectivity index (χ1v) is 9.97. The number of amides is 1. The van der Waals surface area contributed by atoms with Gasteiger partial charge in [0.25, 0.3) is 5.91 Å². The fourth-order valence-electron chi connectivity index (χ4n) is 3.40. The highest BCUT2D eigenvalue weighted by Crippen LogP contribution is 2.29. The van der Waals surface area contributed by atoms with Crippen molar-refractivity contribution in [3.05, 3.63) is 99.5 Å². The molecule has 0 unspecified atom stereocenters. The molecule has 5 heteroatoms. The van der Waals surface area contributed by atoms with Gasteiger partial charge in [0.2, 0.25) is 0 Å². The van der Waals surface area contributed by atoms with Gasteiger partial charge >= 0.3 is 0 Å². The van der Waals surface area contributed by atoms with Crippen LogP contribution < -0.4 is 5.32 Å². The smallest absolute Gasteiger partial charge is 0.252 e. The quantitative estimate of drug-likeness (QED) is 0.412. The van der Waals surface area contributed by atoms with E-state index < -0.39 is 0 Å². The van der Waals surface area contributed by atoms with Crippen molar-refractivity contribution in [1.29, 1.82) is 0 Å². The highest BCUT2D eigenvalue weighted by atomic mass is 35.5. The predicted octanol–water partition coefficient (Wildman–Crippen LogP) is 6.45. The van der Waals surface area contributed by atoms with E-state index in [0.717, 1.165) is 33.3 Å². The Bertz CT molecular complexity index is 1210. The van der Waals surface area contributed by atoms with E-state index in [-0.39, 0.29) is 5.91 Å². The molecular formula is C24H18Cl2N2O. The number of pyridine rings is 1. The molecule has 0 spiro atoms. The number of hydrogen-bond acceptors (Lipinski definition) is 2. The second kappa shape index (κ2) is 8.24. The van der Waals surface area contributed by atoms with Gasteiger partial charge < -0.3 is 5.32 Å². The second-order valence-corrected chi connectivity index (χ2v) is 7.59. The molecule has 4 rings (SSSR count). The van der Waals surface area contributed by atoms with Gasteiger partial charge in [0.1, 0.15) is 0 Å². The van der Waals surface area contributed by atoms with E-state index in [2.05, 4.69) is 5.32 Å². The first-order chi connectivity index (χ1) is 14.0. The Kier molecular flexibility index (Phi) is 5.52. The molecule has 3 aromatic carbocycles. The number of fused-ring (bicyclic) bond motifs is 1. The third-order valence-electron chi connectivity index (χ3n) is 4.85. The number of aromatic nitrogens is 1. The lowest BCUT2D eigenvalue weighted by Crippen LogP contribution is -2.24. The van der Waals surface area contributed by atoms with Crippen LogP contribution in [-0.2, 0) is 6.54 Å². The Morgan fingerprint density at radius 2 is 1.66 bits per heavy atom. The van der Waals surface area contributed by atoms with Gasteiger partial charge in [-0.15, -0.1) is 0 Å².